The summed E-state index contributed by atoms with van der Waals surface area (Å²) in [6.45, 7) is -0.267. The molecule has 0 aromatic carbocycles. The smallest absolute Gasteiger partial charge is 0.276 e. The lowest BCUT2D eigenvalue weighted by Gasteiger charge is -2.11. The molecule has 0 atom stereocenters. The van der Waals surface area contributed by atoms with Crippen LogP contribution in [-0.2, 0) is 6.54 Å². The molecule has 114 valence electrons. The van der Waals surface area contributed by atoms with E-state index in [0.29, 0.717) is 23.0 Å². The Bertz CT molecular complexity index is 766. The van der Waals surface area contributed by atoms with Crippen LogP contribution >= 0.6 is 0 Å². The van der Waals surface area contributed by atoms with Crippen LogP contribution in [0.4, 0.5) is 10.1 Å². The van der Waals surface area contributed by atoms with Gasteiger partial charge in [0.05, 0.1) is 18.3 Å². The highest BCUT2D eigenvalue weighted by Gasteiger charge is 2.14. The fourth-order valence-electron chi connectivity index (χ4n) is 1.95. The molecule has 0 spiro atoms. The van der Waals surface area contributed by atoms with Gasteiger partial charge in [0, 0.05) is 32.2 Å². The van der Waals surface area contributed by atoms with Gasteiger partial charge in [-0.15, -0.1) is 0 Å². The number of halogens is 1. The van der Waals surface area contributed by atoms with Gasteiger partial charge in [-0.25, -0.2) is 4.39 Å². The van der Waals surface area contributed by atoms with Crippen molar-refractivity contribution in [2.24, 2.45) is 0 Å². The van der Waals surface area contributed by atoms with Crippen LogP contribution < -0.4 is 4.90 Å². The van der Waals surface area contributed by atoms with E-state index in [1.807, 2.05) is 31.1 Å². The number of rotatable bonds is 5. The second-order valence-electron chi connectivity index (χ2n) is 4.90. The van der Waals surface area contributed by atoms with Gasteiger partial charge in [-0.05, 0) is 12.1 Å². The molecule has 0 saturated carbocycles. The summed E-state index contributed by atoms with van der Waals surface area (Å²) in [6.07, 6.45) is 4.94. The zero-order chi connectivity index (χ0) is 15.5. The first-order valence-corrected chi connectivity index (χ1v) is 6.73. The molecule has 22 heavy (non-hydrogen) atoms. The number of hydrogen-bond acceptors (Lipinski definition) is 6. The number of pyridine rings is 1. The Kier molecular flexibility index (Phi) is 3.82. The number of nitrogens with zero attached hydrogens (tertiary/aromatic N) is 6. The highest BCUT2D eigenvalue weighted by atomic mass is 19.1. The van der Waals surface area contributed by atoms with E-state index >= 15 is 0 Å². The van der Waals surface area contributed by atoms with Crippen LogP contribution in [0.2, 0.25) is 0 Å². The van der Waals surface area contributed by atoms with Crippen molar-refractivity contribution in [2.75, 3.05) is 25.7 Å². The summed E-state index contributed by atoms with van der Waals surface area (Å²) in [4.78, 5) is 10.5. The fraction of sp³-hybridized carbons (Fsp3) is 0.286. The summed E-state index contributed by atoms with van der Waals surface area (Å²) in [6, 6.07) is 3.76. The van der Waals surface area contributed by atoms with Crippen molar-refractivity contribution in [3.63, 3.8) is 0 Å². The summed E-state index contributed by atoms with van der Waals surface area (Å²) in [5.74, 6) is 0.731. The van der Waals surface area contributed by atoms with E-state index in [9.17, 15) is 4.39 Å². The molecule has 3 aromatic rings. The molecule has 0 saturated heterocycles. The molecule has 0 N–H and O–H groups in total. The van der Waals surface area contributed by atoms with E-state index in [2.05, 4.69) is 20.2 Å². The van der Waals surface area contributed by atoms with Crippen molar-refractivity contribution < 1.29 is 8.91 Å². The van der Waals surface area contributed by atoms with Crippen LogP contribution in [0, 0.1) is 0 Å². The maximum absolute atomic E-state index is 12.3. The lowest BCUT2D eigenvalue weighted by molar-refractivity contribution is 0.427. The highest BCUT2D eigenvalue weighted by molar-refractivity contribution is 5.60. The van der Waals surface area contributed by atoms with Gasteiger partial charge in [0.2, 0.25) is 5.82 Å². The van der Waals surface area contributed by atoms with Crippen molar-refractivity contribution in [3.8, 4) is 23.0 Å². The van der Waals surface area contributed by atoms with Gasteiger partial charge in [0.25, 0.3) is 5.89 Å². The van der Waals surface area contributed by atoms with E-state index in [0.717, 1.165) is 5.69 Å². The molecule has 3 rings (SSSR count). The lowest BCUT2D eigenvalue weighted by Crippen LogP contribution is -2.08. The molecule has 0 aliphatic rings. The molecule has 3 heterocycles. The molecule has 0 aliphatic carbocycles. The van der Waals surface area contributed by atoms with Crippen molar-refractivity contribution >= 4 is 5.69 Å². The normalized spacial score (nSPS) is 10.9. The standard InChI is InChI=1S/C14H15FN6O/c1-20(2)11-3-5-16-12(7-11)14-18-13(19-22-14)10-8-17-21(9-10)6-4-15/h3,5,7-9H,4,6H2,1-2H3. The average Bonchev–Trinajstić information content (AvgIpc) is 3.16. The number of anilines is 1. The summed E-state index contributed by atoms with van der Waals surface area (Å²) in [5.41, 5.74) is 2.26. The molecule has 7 nitrogen and oxygen atoms in total. The summed E-state index contributed by atoms with van der Waals surface area (Å²) in [5, 5.41) is 7.96. The van der Waals surface area contributed by atoms with Crippen molar-refractivity contribution in [1.82, 2.24) is 24.9 Å². The third kappa shape index (κ3) is 2.80. The first kappa shape index (κ1) is 14.2. The maximum atomic E-state index is 12.3. The fourth-order valence-corrected chi connectivity index (χ4v) is 1.95. The largest absolute Gasteiger partial charge is 0.378 e. The molecule has 0 fully saturated rings. The maximum Gasteiger partial charge on any atom is 0.276 e. The zero-order valence-corrected chi connectivity index (χ0v) is 12.3. The molecule has 0 unspecified atom stereocenters. The van der Waals surface area contributed by atoms with E-state index < -0.39 is 6.67 Å². The second-order valence-corrected chi connectivity index (χ2v) is 4.90. The van der Waals surface area contributed by atoms with Crippen LogP contribution in [0.1, 0.15) is 0 Å². The number of aryl methyl sites for hydroxylation is 1. The van der Waals surface area contributed by atoms with Crippen molar-refractivity contribution in [1.29, 1.82) is 0 Å². The molecule has 0 radical (unpaired) electrons. The Hall–Kier alpha value is -2.77. The number of hydrogen-bond donors (Lipinski definition) is 0. The van der Waals surface area contributed by atoms with E-state index in [1.165, 1.54) is 4.68 Å². The molecular formula is C14H15FN6O. The highest BCUT2D eigenvalue weighted by Crippen LogP contribution is 2.23. The molecular weight excluding hydrogens is 287 g/mol. The van der Waals surface area contributed by atoms with Gasteiger partial charge >= 0.3 is 0 Å². The minimum atomic E-state index is -0.472. The van der Waals surface area contributed by atoms with E-state index in [-0.39, 0.29) is 6.54 Å². The first-order valence-electron chi connectivity index (χ1n) is 6.73. The predicted molar refractivity (Wildman–Crippen MR) is 79.1 cm³/mol. The van der Waals surface area contributed by atoms with Crippen LogP contribution in [0.25, 0.3) is 23.0 Å². The summed E-state index contributed by atoms with van der Waals surface area (Å²) in [7, 11) is 3.88. The van der Waals surface area contributed by atoms with Gasteiger partial charge < -0.3 is 9.42 Å². The Morgan fingerprint density at radius 1 is 1.36 bits per heavy atom. The number of alkyl halides is 1. The molecule has 3 aromatic heterocycles. The molecule has 0 aliphatic heterocycles. The van der Waals surface area contributed by atoms with Crippen molar-refractivity contribution in [2.45, 2.75) is 6.54 Å². The topological polar surface area (TPSA) is 72.9 Å². The third-order valence-corrected chi connectivity index (χ3v) is 3.11. The Morgan fingerprint density at radius 3 is 3.00 bits per heavy atom. The van der Waals surface area contributed by atoms with Crippen LogP contribution in [0.3, 0.4) is 0 Å². The second kappa shape index (κ2) is 5.92. The SMILES string of the molecule is CN(C)c1ccnc(-c2nc(-c3cnn(CCF)c3)no2)c1. The molecule has 0 amide bonds. The quantitative estimate of drug-likeness (QED) is 0.718. The van der Waals surface area contributed by atoms with Crippen LogP contribution in [0.5, 0.6) is 0 Å². The van der Waals surface area contributed by atoms with Gasteiger partial charge in [0.15, 0.2) is 0 Å². The minimum absolute atomic E-state index is 0.206. The molecule has 0 bridgehead atoms. The van der Waals surface area contributed by atoms with Crippen LogP contribution in [0.15, 0.2) is 35.2 Å². The Labute approximate surface area is 126 Å². The van der Waals surface area contributed by atoms with Crippen LogP contribution in [-0.4, -0.2) is 45.7 Å². The van der Waals surface area contributed by atoms with E-state index in [1.54, 1.807) is 18.6 Å². The van der Waals surface area contributed by atoms with Gasteiger partial charge in [-0.1, -0.05) is 5.16 Å². The van der Waals surface area contributed by atoms with E-state index in [4.69, 9.17) is 4.52 Å². The third-order valence-electron chi connectivity index (χ3n) is 3.11. The van der Waals surface area contributed by atoms with Crippen molar-refractivity contribution in [3.05, 3.63) is 30.7 Å². The zero-order valence-electron chi connectivity index (χ0n) is 12.3. The monoisotopic (exact) mass is 302 g/mol. The lowest BCUT2D eigenvalue weighted by atomic mass is 10.3. The average molecular weight is 302 g/mol. The van der Waals surface area contributed by atoms with Gasteiger partial charge in [-0.2, -0.15) is 10.1 Å². The Morgan fingerprint density at radius 2 is 2.23 bits per heavy atom. The number of aromatic nitrogens is 5. The van der Waals surface area contributed by atoms with Gasteiger partial charge in [-0.3, -0.25) is 9.67 Å². The van der Waals surface area contributed by atoms with Gasteiger partial charge in [0.1, 0.15) is 12.4 Å². The summed E-state index contributed by atoms with van der Waals surface area (Å²) >= 11 is 0. The summed E-state index contributed by atoms with van der Waals surface area (Å²) < 4.78 is 19.0. The molecule has 8 heteroatoms. The Balaban J connectivity index is 1.88. The predicted octanol–water partition coefficient (Wildman–Crippen LogP) is 2.03. The minimum Gasteiger partial charge on any atom is -0.378 e. The first-order chi connectivity index (χ1) is 10.7.